The summed E-state index contributed by atoms with van der Waals surface area (Å²) >= 11 is -0.423. The van der Waals surface area contributed by atoms with Crippen molar-refractivity contribution in [3.63, 3.8) is 0 Å². The maximum absolute atomic E-state index is 12.6. The van der Waals surface area contributed by atoms with Gasteiger partial charge in [-0.2, -0.15) is 13.2 Å². The lowest BCUT2D eigenvalue weighted by atomic mass is 10.3. The van der Waals surface area contributed by atoms with Crippen LogP contribution in [0.3, 0.4) is 0 Å². The van der Waals surface area contributed by atoms with Gasteiger partial charge in [-0.15, -0.1) is 0 Å². The smallest absolute Gasteiger partial charge is 0.395 e. The molecule has 0 unspecified atom stereocenters. The minimum atomic E-state index is -4.44. The molecule has 0 heterocycles. The van der Waals surface area contributed by atoms with Crippen LogP contribution in [0.5, 0.6) is 0 Å². The van der Waals surface area contributed by atoms with Crippen LogP contribution in [0.4, 0.5) is 23.2 Å². The summed E-state index contributed by atoms with van der Waals surface area (Å²) in [5.41, 5.74) is 0.184. The molecule has 2 N–H and O–H groups in total. The number of nitrogens with two attached hydrogens (primary N) is 1. The Bertz CT molecular complexity index is 310. The average molecular weight is 211 g/mol. The summed E-state index contributed by atoms with van der Waals surface area (Å²) in [6, 6.07) is 3.31. The van der Waals surface area contributed by atoms with Crippen molar-refractivity contribution in [1.82, 2.24) is 0 Å². The van der Waals surface area contributed by atoms with Gasteiger partial charge in [-0.05, 0) is 23.9 Å². The number of hydrogen-bond donors (Lipinski definition) is 1. The first-order valence-electron chi connectivity index (χ1n) is 3.20. The molecule has 13 heavy (non-hydrogen) atoms. The van der Waals surface area contributed by atoms with Gasteiger partial charge in [0, 0.05) is 4.90 Å². The van der Waals surface area contributed by atoms with E-state index in [4.69, 9.17) is 5.73 Å². The van der Waals surface area contributed by atoms with E-state index in [1.165, 1.54) is 6.07 Å². The zero-order chi connectivity index (χ0) is 10.1. The highest BCUT2D eigenvalue weighted by Crippen LogP contribution is 2.39. The van der Waals surface area contributed by atoms with Crippen LogP contribution in [0, 0.1) is 5.82 Å². The lowest BCUT2D eigenvalue weighted by Gasteiger charge is -2.07. The van der Waals surface area contributed by atoms with Gasteiger partial charge in [0.1, 0.15) is 5.82 Å². The van der Waals surface area contributed by atoms with Crippen LogP contribution in [0.15, 0.2) is 23.1 Å². The minimum Gasteiger partial charge on any atom is -0.395 e. The van der Waals surface area contributed by atoms with Gasteiger partial charge in [0.25, 0.3) is 0 Å². The number of nitrogen functional groups attached to an aromatic ring is 1. The van der Waals surface area contributed by atoms with Crippen molar-refractivity contribution < 1.29 is 17.6 Å². The highest BCUT2D eigenvalue weighted by molar-refractivity contribution is 8.00. The van der Waals surface area contributed by atoms with E-state index in [1.807, 2.05) is 0 Å². The first-order chi connectivity index (χ1) is 5.90. The zero-order valence-electron chi connectivity index (χ0n) is 6.23. The molecular weight excluding hydrogens is 206 g/mol. The fourth-order valence-electron chi connectivity index (χ4n) is 0.731. The second kappa shape index (κ2) is 3.45. The number of rotatable bonds is 1. The average Bonchev–Trinajstić information content (AvgIpc) is 1.96. The molecule has 1 aromatic rings. The fraction of sp³-hybridized carbons (Fsp3) is 0.143. The molecule has 72 valence electrons. The third-order valence-electron chi connectivity index (χ3n) is 1.24. The predicted molar refractivity (Wildman–Crippen MR) is 42.7 cm³/mol. The van der Waals surface area contributed by atoms with Gasteiger partial charge in [0.05, 0.1) is 5.69 Å². The third-order valence-corrected chi connectivity index (χ3v) is 2.05. The van der Waals surface area contributed by atoms with Crippen LogP contribution in [0.25, 0.3) is 0 Å². The molecule has 0 radical (unpaired) electrons. The number of hydrogen-bond acceptors (Lipinski definition) is 2. The quantitative estimate of drug-likeness (QED) is 0.439. The van der Waals surface area contributed by atoms with Gasteiger partial charge in [-0.3, -0.25) is 0 Å². The second-order valence-electron chi connectivity index (χ2n) is 2.20. The largest absolute Gasteiger partial charge is 0.446 e. The highest BCUT2D eigenvalue weighted by Gasteiger charge is 2.30. The Morgan fingerprint density at radius 3 is 2.38 bits per heavy atom. The summed E-state index contributed by atoms with van der Waals surface area (Å²) in [5, 5.41) is 0. The van der Waals surface area contributed by atoms with Crippen molar-refractivity contribution in [2.75, 3.05) is 5.73 Å². The van der Waals surface area contributed by atoms with Crippen LogP contribution in [0.1, 0.15) is 0 Å². The predicted octanol–water partition coefficient (Wildman–Crippen LogP) is 3.02. The van der Waals surface area contributed by atoms with Crippen LogP contribution < -0.4 is 5.73 Å². The van der Waals surface area contributed by atoms with E-state index in [0.717, 1.165) is 12.1 Å². The number of para-hydroxylation sites is 1. The van der Waals surface area contributed by atoms with Crippen molar-refractivity contribution in [2.24, 2.45) is 0 Å². The number of anilines is 1. The molecular formula is C7H5F4NS. The molecule has 0 aromatic heterocycles. The summed E-state index contributed by atoms with van der Waals surface area (Å²) in [6.45, 7) is 0. The molecule has 0 bridgehead atoms. The molecule has 0 aliphatic heterocycles. The highest BCUT2D eigenvalue weighted by atomic mass is 32.2. The van der Waals surface area contributed by atoms with E-state index < -0.39 is 28.8 Å². The summed E-state index contributed by atoms with van der Waals surface area (Å²) in [7, 11) is 0. The van der Waals surface area contributed by atoms with Gasteiger partial charge >= 0.3 is 5.51 Å². The molecule has 0 saturated carbocycles. The molecule has 1 rings (SSSR count). The molecule has 0 fully saturated rings. The van der Waals surface area contributed by atoms with Gasteiger partial charge in [-0.25, -0.2) is 4.39 Å². The summed E-state index contributed by atoms with van der Waals surface area (Å²) in [6.07, 6.45) is 0. The molecule has 1 aromatic carbocycles. The number of thioether (sulfide) groups is 1. The lowest BCUT2D eigenvalue weighted by Crippen LogP contribution is -2.02. The Morgan fingerprint density at radius 2 is 1.85 bits per heavy atom. The van der Waals surface area contributed by atoms with E-state index in [1.54, 1.807) is 0 Å². The first-order valence-corrected chi connectivity index (χ1v) is 4.01. The van der Waals surface area contributed by atoms with Crippen LogP contribution >= 0.6 is 11.8 Å². The number of alkyl halides is 3. The van der Waals surface area contributed by atoms with Crippen molar-refractivity contribution in [3.05, 3.63) is 24.0 Å². The Hall–Kier alpha value is -0.910. The maximum atomic E-state index is 12.6. The molecule has 0 aliphatic carbocycles. The SMILES string of the molecule is Nc1c(F)cccc1SC(F)(F)F. The monoisotopic (exact) mass is 211 g/mol. The normalized spacial score (nSPS) is 11.7. The van der Waals surface area contributed by atoms with Crippen molar-refractivity contribution in [1.29, 1.82) is 0 Å². The zero-order valence-corrected chi connectivity index (χ0v) is 7.05. The Labute approximate surface area is 75.9 Å². The summed E-state index contributed by atoms with van der Waals surface area (Å²) in [5.74, 6) is -0.839. The topological polar surface area (TPSA) is 26.0 Å². The summed E-state index contributed by atoms with van der Waals surface area (Å²) in [4.78, 5) is -0.312. The number of halogens is 4. The molecule has 0 spiro atoms. The van der Waals surface area contributed by atoms with E-state index in [-0.39, 0.29) is 4.90 Å². The molecule has 0 amide bonds. The Kier molecular flexibility index (Phi) is 2.70. The van der Waals surface area contributed by atoms with Crippen molar-refractivity contribution >= 4 is 17.4 Å². The van der Waals surface area contributed by atoms with E-state index in [2.05, 4.69) is 0 Å². The Morgan fingerprint density at radius 1 is 1.23 bits per heavy atom. The number of benzene rings is 1. The molecule has 1 nitrogen and oxygen atoms in total. The second-order valence-corrected chi connectivity index (χ2v) is 3.31. The standard InChI is InChI=1S/C7H5F4NS/c8-4-2-1-3-5(6(4)12)13-7(9,10)11/h1-3H,12H2. The van der Waals surface area contributed by atoms with Gasteiger partial charge in [0.2, 0.25) is 0 Å². The van der Waals surface area contributed by atoms with Crippen molar-refractivity contribution in [3.8, 4) is 0 Å². The van der Waals surface area contributed by atoms with E-state index >= 15 is 0 Å². The fourth-order valence-corrected chi connectivity index (χ4v) is 1.33. The Balaban J connectivity index is 2.96. The minimum absolute atomic E-state index is 0.312. The van der Waals surface area contributed by atoms with Gasteiger partial charge in [0.15, 0.2) is 0 Å². The maximum Gasteiger partial charge on any atom is 0.446 e. The van der Waals surface area contributed by atoms with Crippen LogP contribution in [0.2, 0.25) is 0 Å². The van der Waals surface area contributed by atoms with Gasteiger partial charge in [-0.1, -0.05) is 6.07 Å². The van der Waals surface area contributed by atoms with Crippen molar-refractivity contribution in [2.45, 2.75) is 10.4 Å². The third kappa shape index (κ3) is 2.80. The van der Waals surface area contributed by atoms with Crippen LogP contribution in [-0.2, 0) is 0 Å². The van der Waals surface area contributed by atoms with Crippen LogP contribution in [-0.4, -0.2) is 5.51 Å². The van der Waals surface area contributed by atoms with Gasteiger partial charge < -0.3 is 5.73 Å². The summed E-state index contributed by atoms with van der Waals surface area (Å²) < 4.78 is 48.2. The first kappa shape index (κ1) is 10.2. The van der Waals surface area contributed by atoms with E-state index in [9.17, 15) is 17.6 Å². The molecule has 0 aliphatic rings. The lowest BCUT2D eigenvalue weighted by molar-refractivity contribution is -0.0327. The molecule has 6 heteroatoms. The molecule has 0 atom stereocenters. The molecule has 0 saturated heterocycles. The van der Waals surface area contributed by atoms with E-state index in [0.29, 0.717) is 0 Å².